The Morgan fingerprint density at radius 1 is 1.18 bits per heavy atom. The number of benzene rings is 1. The van der Waals surface area contributed by atoms with Crippen molar-refractivity contribution in [1.82, 2.24) is 25.5 Å². The van der Waals surface area contributed by atoms with E-state index in [1.165, 1.54) is 19.3 Å². The smallest absolute Gasteiger partial charge is 0.244 e. The van der Waals surface area contributed by atoms with Gasteiger partial charge in [0.25, 0.3) is 0 Å². The third-order valence-electron chi connectivity index (χ3n) is 3.89. The predicted octanol–water partition coefficient (Wildman–Crippen LogP) is 2.12. The average molecular weight is 297 g/mol. The van der Waals surface area contributed by atoms with Gasteiger partial charge in [0.1, 0.15) is 6.33 Å². The molecule has 3 rings (SSSR count). The molecule has 22 heavy (non-hydrogen) atoms. The van der Waals surface area contributed by atoms with Crippen molar-refractivity contribution in [3.05, 3.63) is 42.2 Å². The number of hydrogen-bond donors (Lipinski definition) is 1. The molecule has 1 aliphatic rings. The quantitative estimate of drug-likeness (QED) is 0.877. The van der Waals surface area contributed by atoms with Crippen molar-refractivity contribution in [3.63, 3.8) is 0 Å². The molecule has 0 aliphatic heterocycles. The lowest BCUT2D eigenvalue weighted by atomic mass is 9.95. The van der Waals surface area contributed by atoms with E-state index < -0.39 is 0 Å². The first-order valence-corrected chi connectivity index (χ1v) is 7.63. The number of aromatic nitrogens is 4. The molecule has 1 amide bonds. The van der Waals surface area contributed by atoms with E-state index in [1.54, 1.807) is 17.1 Å². The molecule has 0 radical (unpaired) electrons. The summed E-state index contributed by atoms with van der Waals surface area (Å²) in [4.78, 5) is 11.9. The van der Waals surface area contributed by atoms with Gasteiger partial charge in [-0.05, 0) is 47.0 Å². The third-order valence-corrected chi connectivity index (χ3v) is 3.89. The molecule has 0 spiro atoms. The molecule has 1 aromatic carbocycles. The van der Waals surface area contributed by atoms with E-state index in [0.717, 1.165) is 24.1 Å². The van der Waals surface area contributed by atoms with Crippen LogP contribution in [-0.4, -0.2) is 32.2 Å². The fraction of sp³-hybridized carbons (Fsp3) is 0.375. The molecule has 2 aromatic rings. The first-order chi connectivity index (χ1) is 10.8. The van der Waals surface area contributed by atoms with Crippen LogP contribution in [0.4, 0.5) is 0 Å². The Kier molecular flexibility index (Phi) is 4.58. The molecule has 0 bridgehead atoms. The Morgan fingerprint density at radius 2 is 1.95 bits per heavy atom. The van der Waals surface area contributed by atoms with Gasteiger partial charge in [0, 0.05) is 12.1 Å². The van der Waals surface area contributed by atoms with Crippen molar-refractivity contribution in [1.29, 1.82) is 0 Å². The molecule has 1 aromatic heterocycles. The molecule has 6 heteroatoms. The molecule has 6 nitrogen and oxygen atoms in total. The molecular formula is C16H19N5O. The Bertz CT molecular complexity index is 627. The van der Waals surface area contributed by atoms with Crippen LogP contribution in [0.25, 0.3) is 11.8 Å². The Hall–Kier alpha value is -2.50. The maximum absolute atomic E-state index is 11.9. The van der Waals surface area contributed by atoms with Crippen LogP contribution < -0.4 is 5.32 Å². The van der Waals surface area contributed by atoms with E-state index in [9.17, 15) is 4.79 Å². The van der Waals surface area contributed by atoms with Crippen molar-refractivity contribution in [2.24, 2.45) is 0 Å². The molecule has 1 fully saturated rings. The number of carbonyl (C=O) groups excluding carboxylic acids is 1. The summed E-state index contributed by atoms with van der Waals surface area (Å²) < 4.78 is 1.59. The van der Waals surface area contributed by atoms with Crippen LogP contribution in [0.15, 0.2) is 36.7 Å². The Labute approximate surface area is 129 Å². The van der Waals surface area contributed by atoms with Crippen LogP contribution >= 0.6 is 0 Å². The first-order valence-electron chi connectivity index (χ1n) is 7.63. The Morgan fingerprint density at radius 3 is 2.64 bits per heavy atom. The minimum absolute atomic E-state index is 0.0172. The van der Waals surface area contributed by atoms with Crippen molar-refractivity contribution in [2.45, 2.75) is 38.1 Å². The van der Waals surface area contributed by atoms with E-state index in [4.69, 9.17) is 0 Å². The highest BCUT2D eigenvalue weighted by Crippen LogP contribution is 2.17. The number of tetrazole rings is 1. The van der Waals surface area contributed by atoms with E-state index in [0.29, 0.717) is 6.04 Å². The number of nitrogens with one attached hydrogen (secondary N) is 1. The van der Waals surface area contributed by atoms with Crippen LogP contribution in [-0.2, 0) is 4.79 Å². The predicted molar refractivity (Wildman–Crippen MR) is 83.2 cm³/mol. The van der Waals surface area contributed by atoms with E-state index in [-0.39, 0.29) is 5.91 Å². The van der Waals surface area contributed by atoms with Crippen molar-refractivity contribution in [3.8, 4) is 5.69 Å². The molecule has 1 N–H and O–H groups in total. The van der Waals surface area contributed by atoms with Gasteiger partial charge < -0.3 is 5.32 Å². The van der Waals surface area contributed by atoms with Gasteiger partial charge in [-0.25, -0.2) is 4.68 Å². The fourth-order valence-corrected chi connectivity index (χ4v) is 2.69. The van der Waals surface area contributed by atoms with Gasteiger partial charge in [-0.3, -0.25) is 4.79 Å². The van der Waals surface area contributed by atoms with Crippen LogP contribution in [0, 0.1) is 0 Å². The minimum atomic E-state index is -0.0172. The summed E-state index contributed by atoms with van der Waals surface area (Å²) >= 11 is 0. The lowest BCUT2D eigenvalue weighted by Gasteiger charge is -2.21. The van der Waals surface area contributed by atoms with Gasteiger partial charge in [0.15, 0.2) is 0 Å². The summed E-state index contributed by atoms with van der Waals surface area (Å²) in [6.07, 6.45) is 10.9. The monoisotopic (exact) mass is 297 g/mol. The van der Waals surface area contributed by atoms with Gasteiger partial charge in [0.05, 0.1) is 5.69 Å². The molecule has 0 unspecified atom stereocenters. The van der Waals surface area contributed by atoms with Gasteiger partial charge in [0.2, 0.25) is 5.91 Å². The summed E-state index contributed by atoms with van der Waals surface area (Å²) in [5, 5.41) is 14.1. The standard InChI is InChI=1S/C16H19N5O/c22-16(18-14-4-2-1-3-5-14)11-8-13-6-9-15(10-7-13)21-12-17-19-20-21/h6-12,14H,1-5H2,(H,18,22)/b11-8+. The lowest BCUT2D eigenvalue weighted by Crippen LogP contribution is -2.34. The maximum Gasteiger partial charge on any atom is 0.244 e. The molecule has 0 atom stereocenters. The molecule has 0 saturated heterocycles. The number of hydrogen-bond acceptors (Lipinski definition) is 4. The van der Waals surface area contributed by atoms with Crippen LogP contribution in [0.5, 0.6) is 0 Å². The highest BCUT2D eigenvalue weighted by atomic mass is 16.1. The summed E-state index contributed by atoms with van der Waals surface area (Å²) in [6.45, 7) is 0. The highest BCUT2D eigenvalue weighted by Gasteiger charge is 2.13. The number of carbonyl (C=O) groups is 1. The second-order valence-corrected chi connectivity index (χ2v) is 5.52. The zero-order chi connectivity index (χ0) is 15.2. The maximum atomic E-state index is 11.9. The summed E-state index contributed by atoms with van der Waals surface area (Å²) in [5.41, 5.74) is 1.85. The van der Waals surface area contributed by atoms with E-state index >= 15 is 0 Å². The zero-order valence-electron chi connectivity index (χ0n) is 12.4. The van der Waals surface area contributed by atoms with Crippen LogP contribution in [0.1, 0.15) is 37.7 Å². The summed E-state index contributed by atoms with van der Waals surface area (Å²) in [7, 11) is 0. The van der Waals surface area contributed by atoms with E-state index in [2.05, 4.69) is 20.8 Å². The topological polar surface area (TPSA) is 72.7 Å². The van der Waals surface area contributed by atoms with Gasteiger partial charge in [-0.1, -0.05) is 31.4 Å². The molecule has 1 heterocycles. The number of nitrogens with zero attached hydrogens (tertiary/aromatic N) is 4. The molecule has 1 aliphatic carbocycles. The van der Waals surface area contributed by atoms with Crippen LogP contribution in [0.3, 0.4) is 0 Å². The number of amides is 1. The van der Waals surface area contributed by atoms with E-state index in [1.807, 2.05) is 30.3 Å². The summed E-state index contributed by atoms with van der Waals surface area (Å²) in [5.74, 6) is -0.0172. The van der Waals surface area contributed by atoms with Gasteiger partial charge >= 0.3 is 0 Å². The Balaban J connectivity index is 1.56. The fourth-order valence-electron chi connectivity index (χ4n) is 2.69. The van der Waals surface area contributed by atoms with Crippen LogP contribution in [0.2, 0.25) is 0 Å². The third kappa shape index (κ3) is 3.78. The second-order valence-electron chi connectivity index (χ2n) is 5.52. The lowest BCUT2D eigenvalue weighted by molar-refractivity contribution is -0.117. The normalized spacial score (nSPS) is 16.0. The highest BCUT2D eigenvalue weighted by molar-refractivity contribution is 5.91. The zero-order valence-corrected chi connectivity index (χ0v) is 12.4. The SMILES string of the molecule is O=C(/C=C/c1ccc(-n2cnnn2)cc1)NC1CCCCC1. The largest absolute Gasteiger partial charge is 0.350 e. The van der Waals surface area contributed by atoms with Crippen molar-refractivity contribution < 1.29 is 4.79 Å². The first kappa shape index (κ1) is 14.4. The molecular weight excluding hydrogens is 278 g/mol. The van der Waals surface area contributed by atoms with Gasteiger partial charge in [-0.2, -0.15) is 0 Å². The summed E-state index contributed by atoms with van der Waals surface area (Å²) in [6, 6.07) is 8.03. The average Bonchev–Trinajstić information content (AvgIpc) is 3.09. The second kappa shape index (κ2) is 6.98. The molecule has 1 saturated carbocycles. The minimum Gasteiger partial charge on any atom is -0.350 e. The van der Waals surface area contributed by atoms with Crippen molar-refractivity contribution in [2.75, 3.05) is 0 Å². The molecule has 114 valence electrons. The van der Waals surface area contributed by atoms with Crippen molar-refractivity contribution >= 4 is 12.0 Å². The van der Waals surface area contributed by atoms with Gasteiger partial charge in [-0.15, -0.1) is 5.10 Å². The number of rotatable bonds is 4.